The molecule has 0 saturated carbocycles. The summed E-state index contributed by atoms with van der Waals surface area (Å²) in [6, 6.07) is 12.6. The molecule has 0 aromatic heterocycles. The van der Waals surface area contributed by atoms with Crippen molar-refractivity contribution in [1.29, 1.82) is 0 Å². The van der Waals surface area contributed by atoms with Crippen LogP contribution >= 0.6 is 27.5 Å². The lowest BCUT2D eigenvalue weighted by Crippen LogP contribution is -2.29. The average molecular weight is 368 g/mol. The lowest BCUT2D eigenvalue weighted by Gasteiger charge is -2.25. The van der Waals surface area contributed by atoms with Crippen molar-refractivity contribution in [2.75, 3.05) is 12.8 Å². The molecule has 0 radical (unpaired) electrons. The molecule has 0 heterocycles. The number of amides is 1. The van der Waals surface area contributed by atoms with Gasteiger partial charge in [-0.15, -0.1) is 0 Å². The van der Waals surface area contributed by atoms with Gasteiger partial charge in [0, 0.05) is 27.8 Å². The third kappa shape index (κ3) is 3.77. The predicted octanol–water partition coefficient (Wildman–Crippen LogP) is 4.52. The zero-order valence-corrected chi connectivity index (χ0v) is 14.1. The van der Waals surface area contributed by atoms with Gasteiger partial charge in [0.05, 0.1) is 6.04 Å². The number of nitrogen functional groups attached to an aromatic ring is 1. The SMILES string of the molecule is CC(c1cccc(Cl)c1)N(C)C(=O)c1cc(N)cc(Br)c1. The predicted molar refractivity (Wildman–Crippen MR) is 90.5 cm³/mol. The molecule has 1 atom stereocenters. The summed E-state index contributed by atoms with van der Waals surface area (Å²) in [4.78, 5) is 14.2. The molecule has 110 valence electrons. The molecule has 1 amide bonds. The Morgan fingerprint density at radius 2 is 2.00 bits per heavy atom. The van der Waals surface area contributed by atoms with Gasteiger partial charge in [-0.05, 0) is 42.8 Å². The molecule has 2 rings (SSSR count). The summed E-state index contributed by atoms with van der Waals surface area (Å²) >= 11 is 9.36. The van der Waals surface area contributed by atoms with Crippen LogP contribution in [-0.2, 0) is 0 Å². The van der Waals surface area contributed by atoms with Gasteiger partial charge in [0.1, 0.15) is 0 Å². The third-order valence-electron chi connectivity index (χ3n) is 3.40. The van der Waals surface area contributed by atoms with Crippen molar-refractivity contribution in [3.05, 3.63) is 63.1 Å². The second kappa shape index (κ2) is 6.50. The smallest absolute Gasteiger partial charge is 0.254 e. The van der Waals surface area contributed by atoms with Crippen molar-refractivity contribution in [2.24, 2.45) is 0 Å². The quantitative estimate of drug-likeness (QED) is 0.811. The van der Waals surface area contributed by atoms with Crippen LogP contribution in [0.25, 0.3) is 0 Å². The monoisotopic (exact) mass is 366 g/mol. The van der Waals surface area contributed by atoms with Gasteiger partial charge in [-0.1, -0.05) is 39.7 Å². The highest BCUT2D eigenvalue weighted by Gasteiger charge is 2.19. The number of rotatable bonds is 3. The van der Waals surface area contributed by atoms with E-state index >= 15 is 0 Å². The minimum Gasteiger partial charge on any atom is -0.399 e. The van der Waals surface area contributed by atoms with Gasteiger partial charge in [-0.3, -0.25) is 4.79 Å². The maximum atomic E-state index is 12.6. The minimum absolute atomic E-state index is 0.0867. The molecule has 1 unspecified atom stereocenters. The van der Waals surface area contributed by atoms with Crippen molar-refractivity contribution in [1.82, 2.24) is 4.90 Å². The number of nitrogens with zero attached hydrogens (tertiary/aromatic N) is 1. The number of hydrogen-bond donors (Lipinski definition) is 1. The molecule has 5 heteroatoms. The summed E-state index contributed by atoms with van der Waals surface area (Å²) in [5.41, 5.74) is 7.88. The summed E-state index contributed by atoms with van der Waals surface area (Å²) < 4.78 is 0.787. The van der Waals surface area contributed by atoms with Crippen molar-refractivity contribution < 1.29 is 4.79 Å². The normalized spacial score (nSPS) is 12.0. The van der Waals surface area contributed by atoms with E-state index in [1.54, 1.807) is 30.1 Å². The first-order valence-electron chi connectivity index (χ1n) is 6.47. The van der Waals surface area contributed by atoms with E-state index in [9.17, 15) is 4.79 Å². The Bertz CT molecular complexity index is 655. The van der Waals surface area contributed by atoms with Crippen LogP contribution in [0.3, 0.4) is 0 Å². The maximum Gasteiger partial charge on any atom is 0.254 e. The van der Waals surface area contributed by atoms with E-state index in [1.165, 1.54) is 0 Å². The maximum absolute atomic E-state index is 12.6. The fraction of sp³-hybridized carbons (Fsp3) is 0.188. The Labute approximate surface area is 137 Å². The third-order valence-corrected chi connectivity index (χ3v) is 4.09. The summed E-state index contributed by atoms with van der Waals surface area (Å²) in [6.07, 6.45) is 0. The molecule has 21 heavy (non-hydrogen) atoms. The summed E-state index contributed by atoms with van der Waals surface area (Å²) in [7, 11) is 1.77. The number of hydrogen-bond acceptors (Lipinski definition) is 2. The minimum atomic E-state index is -0.0875. The molecule has 0 spiro atoms. The number of halogens is 2. The van der Waals surface area contributed by atoms with Gasteiger partial charge < -0.3 is 10.6 Å². The van der Waals surface area contributed by atoms with Gasteiger partial charge in [-0.25, -0.2) is 0 Å². The number of anilines is 1. The van der Waals surface area contributed by atoms with Gasteiger partial charge in [0.2, 0.25) is 0 Å². The van der Waals surface area contributed by atoms with Crippen molar-refractivity contribution in [3.8, 4) is 0 Å². The van der Waals surface area contributed by atoms with E-state index in [1.807, 2.05) is 31.2 Å². The highest BCUT2D eigenvalue weighted by molar-refractivity contribution is 9.10. The molecule has 0 fully saturated rings. The number of nitrogens with two attached hydrogens (primary N) is 1. The molecule has 0 aliphatic carbocycles. The zero-order valence-electron chi connectivity index (χ0n) is 11.8. The summed E-state index contributed by atoms with van der Waals surface area (Å²) in [5, 5.41) is 0.659. The van der Waals surface area contributed by atoms with E-state index in [0.29, 0.717) is 16.3 Å². The van der Waals surface area contributed by atoms with Crippen molar-refractivity contribution >= 4 is 39.1 Å². The molecule has 0 aliphatic rings. The Balaban J connectivity index is 2.26. The van der Waals surface area contributed by atoms with Crippen molar-refractivity contribution in [2.45, 2.75) is 13.0 Å². The van der Waals surface area contributed by atoms with E-state index in [2.05, 4.69) is 15.9 Å². The van der Waals surface area contributed by atoms with Gasteiger partial charge >= 0.3 is 0 Å². The van der Waals surface area contributed by atoms with E-state index < -0.39 is 0 Å². The topological polar surface area (TPSA) is 46.3 Å². The van der Waals surface area contributed by atoms with E-state index in [4.69, 9.17) is 17.3 Å². The molecular weight excluding hydrogens is 352 g/mol. The van der Waals surface area contributed by atoms with Crippen molar-refractivity contribution in [3.63, 3.8) is 0 Å². The van der Waals surface area contributed by atoms with Crippen LogP contribution < -0.4 is 5.73 Å². The van der Waals surface area contributed by atoms with Gasteiger partial charge in [0.15, 0.2) is 0 Å². The average Bonchev–Trinajstić information content (AvgIpc) is 2.44. The largest absolute Gasteiger partial charge is 0.399 e. The zero-order chi connectivity index (χ0) is 15.6. The first-order valence-corrected chi connectivity index (χ1v) is 7.64. The van der Waals surface area contributed by atoms with Crippen LogP contribution in [-0.4, -0.2) is 17.9 Å². The number of carbonyl (C=O) groups excluding carboxylic acids is 1. The van der Waals surface area contributed by atoms with Crippen LogP contribution in [0.5, 0.6) is 0 Å². The molecule has 0 bridgehead atoms. The Morgan fingerprint density at radius 3 is 2.62 bits per heavy atom. The molecular formula is C16H16BrClN2O. The second-order valence-electron chi connectivity index (χ2n) is 4.92. The second-order valence-corrected chi connectivity index (χ2v) is 6.27. The summed E-state index contributed by atoms with van der Waals surface area (Å²) in [6.45, 7) is 1.96. The molecule has 3 nitrogen and oxygen atoms in total. The molecule has 2 aromatic rings. The van der Waals surface area contributed by atoms with Crippen LogP contribution in [0.15, 0.2) is 46.9 Å². The highest BCUT2D eigenvalue weighted by atomic mass is 79.9. The van der Waals surface area contributed by atoms with Gasteiger partial charge in [0.25, 0.3) is 5.91 Å². The number of benzene rings is 2. The molecule has 2 N–H and O–H groups in total. The number of carbonyl (C=O) groups is 1. The molecule has 2 aromatic carbocycles. The first-order chi connectivity index (χ1) is 9.88. The van der Waals surface area contributed by atoms with E-state index in [-0.39, 0.29) is 11.9 Å². The van der Waals surface area contributed by atoms with E-state index in [0.717, 1.165) is 10.0 Å². The van der Waals surface area contributed by atoms with Crippen LogP contribution in [0.4, 0.5) is 5.69 Å². The Morgan fingerprint density at radius 1 is 1.29 bits per heavy atom. The van der Waals surface area contributed by atoms with Crippen LogP contribution in [0.2, 0.25) is 5.02 Å². The first kappa shape index (κ1) is 15.9. The standard InChI is InChI=1S/C16H16BrClN2O/c1-10(11-4-3-5-14(18)7-11)20(2)16(21)12-6-13(17)9-15(19)8-12/h3-10H,19H2,1-2H3. The van der Waals surface area contributed by atoms with Crippen LogP contribution in [0.1, 0.15) is 28.9 Å². The highest BCUT2D eigenvalue weighted by Crippen LogP contribution is 2.25. The Hall–Kier alpha value is -1.52. The molecule has 0 aliphatic heterocycles. The van der Waals surface area contributed by atoms with Gasteiger partial charge in [-0.2, -0.15) is 0 Å². The van der Waals surface area contributed by atoms with Crippen LogP contribution in [0, 0.1) is 0 Å². The lowest BCUT2D eigenvalue weighted by atomic mass is 10.1. The lowest BCUT2D eigenvalue weighted by molar-refractivity contribution is 0.0742. The summed E-state index contributed by atoms with van der Waals surface area (Å²) in [5.74, 6) is -0.0875. The fourth-order valence-electron chi connectivity index (χ4n) is 2.11. The Kier molecular flexibility index (Phi) is 4.91. The fourth-order valence-corrected chi connectivity index (χ4v) is 2.82. The molecule has 0 saturated heterocycles.